The van der Waals surface area contributed by atoms with Crippen LogP contribution in [0.15, 0.2) is 41.4 Å². The molecule has 6 nitrogen and oxygen atoms in total. The minimum atomic E-state index is -0.499. The topological polar surface area (TPSA) is 65.7 Å². The number of hydrogen-bond donors (Lipinski definition) is 0. The van der Waals surface area contributed by atoms with E-state index < -0.39 is 5.82 Å². The first-order valence-corrected chi connectivity index (χ1v) is 9.54. The molecule has 1 aromatic carbocycles. The molecule has 0 unspecified atom stereocenters. The lowest BCUT2D eigenvalue weighted by molar-refractivity contribution is 0.410. The number of rotatable bonds is 4. The molecule has 3 heterocycles. The minimum Gasteiger partial charge on any atom is -0.421 e. The average molecular weight is 442 g/mol. The number of fused-ring (bicyclic) bond motifs is 1. The van der Waals surface area contributed by atoms with Crippen molar-refractivity contribution in [1.29, 1.82) is 0 Å². The summed E-state index contributed by atoms with van der Waals surface area (Å²) in [6.07, 6.45) is 3.87. The molecule has 0 bridgehead atoms. The van der Waals surface area contributed by atoms with E-state index in [0.717, 1.165) is 39.0 Å². The molecule has 0 aliphatic rings. The van der Waals surface area contributed by atoms with Crippen LogP contribution in [0.5, 0.6) is 11.8 Å². The van der Waals surface area contributed by atoms with Gasteiger partial charge in [0.05, 0.1) is 10.3 Å². The van der Waals surface area contributed by atoms with Crippen LogP contribution < -0.4 is 4.74 Å². The van der Waals surface area contributed by atoms with E-state index in [2.05, 4.69) is 35.9 Å². The number of benzene rings is 1. The summed E-state index contributed by atoms with van der Waals surface area (Å²) in [6.45, 7) is 3.85. The van der Waals surface area contributed by atoms with Crippen LogP contribution in [0.2, 0.25) is 0 Å². The summed E-state index contributed by atoms with van der Waals surface area (Å²) in [6, 6.07) is 6.69. The standard InChI is InChI=1S/C20H17BrFN5O/c1-4-14-17-16(18(21)27(3)19(17)25-10-24-14)12-5-6-15(13(22)9-12)28-20-23-8-7-11(2)26-20/h5-10H,4H2,1-3H3. The molecule has 3 aromatic heterocycles. The zero-order valence-corrected chi connectivity index (χ0v) is 17.2. The van der Waals surface area contributed by atoms with E-state index in [1.807, 2.05) is 25.5 Å². The lowest BCUT2D eigenvalue weighted by Crippen LogP contribution is -1.95. The van der Waals surface area contributed by atoms with Gasteiger partial charge in [-0.15, -0.1) is 0 Å². The second-order valence-corrected chi connectivity index (χ2v) is 7.08. The van der Waals surface area contributed by atoms with Crippen molar-refractivity contribution in [3.05, 3.63) is 58.6 Å². The van der Waals surface area contributed by atoms with Gasteiger partial charge in [0, 0.05) is 29.9 Å². The molecule has 8 heteroatoms. The first-order chi connectivity index (χ1) is 13.5. The molecular formula is C20H17BrFN5O. The molecule has 0 spiro atoms. The quantitative estimate of drug-likeness (QED) is 0.446. The van der Waals surface area contributed by atoms with Crippen molar-refractivity contribution >= 4 is 27.0 Å². The monoisotopic (exact) mass is 441 g/mol. The molecule has 0 atom stereocenters. The zero-order valence-electron chi connectivity index (χ0n) is 15.6. The fourth-order valence-electron chi connectivity index (χ4n) is 3.13. The number of hydrogen-bond acceptors (Lipinski definition) is 5. The molecule has 0 saturated heterocycles. The number of aromatic nitrogens is 5. The first-order valence-electron chi connectivity index (χ1n) is 8.74. The number of halogens is 2. The molecule has 0 N–H and O–H groups in total. The van der Waals surface area contributed by atoms with Crippen molar-refractivity contribution < 1.29 is 9.13 Å². The molecule has 0 aliphatic heterocycles. The van der Waals surface area contributed by atoms with E-state index in [-0.39, 0.29) is 11.8 Å². The summed E-state index contributed by atoms with van der Waals surface area (Å²) in [5, 5.41) is 0.912. The second kappa shape index (κ2) is 7.27. The van der Waals surface area contributed by atoms with Crippen LogP contribution in [0.4, 0.5) is 4.39 Å². The Bertz CT molecular complexity index is 1190. The van der Waals surface area contributed by atoms with Crippen molar-refractivity contribution in [2.75, 3.05) is 0 Å². The maximum absolute atomic E-state index is 14.8. The first kappa shape index (κ1) is 18.5. The largest absolute Gasteiger partial charge is 0.421 e. The third-order valence-corrected chi connectivity index (χ3v) is 5.43. The second-order valence-electron chi connectivity index (χ2n) is 6.33. The molecule has 142 valence electrons. The number of aryl methyl sites for hydroxylation is 3. The Kier molecular flexibility index (Phi) is 4.80. The van der Waals surface area contributed by atoms with Crippen molar-refractivity contribution in [1.82, 2.24) is 24.5 Å². The van der Waals surface area contributed by atoms with Gasteiger partial charge in [0.2, 0.25) is 0 Å². The normalized spacial score (nSPS) is 11.2. The molecule has 28 heavy (non-hydrogen) atoms. The van der Waals surface area contributed by atoms with Crippen molar-refractivity contribution in [2.24, 2.45) is 7.05 Å². The predicted octanol–water partition coefficient (Wildman–Crippen LogP) is 4.99. The summed E-state index contributed by atoms with van der Waals surface area (Å²) in [7, 11) is 1.91. The fraction of sp³-hybridized carbons (Fsp3) is 0.200. The summed E-state index contributed by atoms with van der Waals surface area (Å²) in [4.78, 5) is 16.9. The Balaban J connectivity index is 1.81. The highest BCUT2D eigenvalue weighted by atomic mass is 79.9. The van der Waals surface area contributed by atoms with Crippen LogP contribution in [-0.2, 0) is 13.5 Å². The Labute approximate surface area is 169 Å². The van der Waals surface area contributed by atoms with E-state index in [0.29, 0.717) is 5.56 Å². The van der Waals surface area contributed by atoms with E-state index in [1.54, 1.807) is 30.7 Å². The smallest absolute Gasteiger partial charge is 0.322 e. The third kappa shape index (κ3) is 3.13. The highest BCUT2D eigenvalue weighted by Gasteiger charge is 2.20. The average Bonchev–Trinajstić information content (AvgIpc) is 2.94. The summed E-state index contributed by atoms with van der Waals surface area (Å²) in [5.41, 5.74) is 4.01. The van der Waals surface area contributed by atoms with E-state index >= 15 is 0 Å². The van der Waals surface area contributed by atoms with Gasteiger partial charge in [-0.1, -0.05) is 13.0 Å². The summed E-state index contributed by atoms with van der Waals surface area (Å²) >= 11 is 3.62. The van der Waals surface area contributed by atoms with Crippen molar-refractivity contribution in [3.8, 4) is 22.9 Å². The molecule has 0 amide bonds. The highest BCUT2D eigenvalue weighted by molar-refractivity contribution is 9.10. The van der Waals surface area contributed by atoms with Gasteiger partial charge in [-0.25, -0.2) is 24.3 Å². The lowest BCUT2D eigenvalue weighted by Gasteiger charge is -2.08. The number of nitrogens with zero attached hydrogens (tertiary/aromatic N) is 5. The Morgan fingerprint density at radius 3 is 2.71 bits per heavy atom. The van der Waals surface area contributed by atoms with Crippen LogP contribution >= 0.6 is 15.9 Å². The van der Waals surface area contributed by atoms with Gasteiger partial charge in [0.1, 0.15) is 12.0 Å². The van der Waals surface area contributed by atoms with Crippen LogP contribution in [0, 0.1) is 12.7 Å². The van der Waals surface area contributed by atoms with E-state index in [1.165, 1.54) is 6.07 Å². The van der Waals surface area contributed by atoms with E-state index in [9.17, 15) is 4.39 Å². The van der Waals surface area contributed by atoms with Gasteiger partial charge >= 0.3 is 6.01 Å². The van der Waals surface area contributed by atoms with Gasteiger partial charge in [-0.05, 0) is 53.0 Å². The summed E-state index contributed by atoms with van der Waals surface area (Å²) < 4.78 is 23.1. The Hall–Kier alpha value is -2.87. The number of ether oxygens (including phenoxy) is 1. The van der Waals surface area contributed by atoms with Gasteiger partial charge in [-0.2, -0.15) is 0 Å². The van der Waals surface area contributed by atoms with E-state index in [4.69, 9.17) is 4.74 Å². The maximum Gasteiger partial charge on any atom is 0.322 e. The van der Waals surface area contributed by atoms with Crippen LogP contribution in [0.1, 0.15) is 18.3 Å². The third-order valence-electron chi connectivity index (χ3n) is 4.50. The molecule has 4 aromatic rings. The van der Waals surface area contributed by atoms with Gasteiger partial charge in [0.15, 0.2) is 11.6 Å². The van der Waals surface area contributed by atoms with Crippen molar-refractivity contribution in [3.63, 3.8) is 0 Å². The minimum absolute atomic E-state index is 0.0673. The van der Waals surface area contributed by atoms with Gasteiger partial charge in [-0.3, -0.25) is 0 Å². The molecule has 0 saturated carbocycles. The van der Waals surface area contributed by atoms with Gasteiger partial charge < -0.3 is 9.30 Å². The predicted molar refractivity (Wildman–Crippen MR) is 108 cm³/mol. The molecule has 0 fully saturated rings. The highest BCUT2D eigenvalue weighted by Crippen LogP contribution is 2.39. The van der Waals surface area contributed by atoms with Crippen LogP contribution in [-0.4, -0.2) is 24.5 Å². The summed E-state index contributed by atoms with van der Waals surface area (Å²) in [5.74, 6) is -0.431. The van der Waals surface area contributed by atoms with Crippen LogP contribution in [0.25, 0.3) is 22.2 Å². The molecule has 0 radical (unpaired) electrons. The molecule has 0 aliphatic carbocycles. The molecule has 4 rings (SSSR count). The zero-order chi connectivity index (χ0) is 19.8. The molecular weight excluding hydrogens is 425 g/mol. The SMILES string of the molecule is CCc1ncnc2c1c(-c1ccc(Oc3nccc(C)n3)c(F)c1)c(Br)n2C. The Morgan fingerprint density at radius 1 is 1.18 bits per heavy atom. The van der Waals surface area contributed by atoms with Gasteiger partial charge in [0.25, 0.3) is 0 Å². The Morgan fingerprint density at radius 2 is 2.00 bits per heavy atom. The maximum atomic E-state index is 14.8. The fourth-order valence-corrected chi connectivity index (χ4v) is 3.72. The van der Waals surface area contributed by atoms with Crippen LogP contribution in [0.3, 0.4) is 0 Å². The van der Waals surface area contributed by atoms with Crippen molar-refractivity contribution in [2.45, 2.75) is 20.3 Å². The lowest BCUT2D eigenvalue weighted by atomic mass is 10.0.